The van der Waals surface area contributed by atoms with Crippen molar-refractivity contribution >= 4 is 18.1 Å². The van der Waals surface area contributed by atoms with Crippen molar-refractivity contribution in [2.75, 3.05) is 6.54 Å². The topological polar surface area (TPSA) is 51.1 Å². The van der Waals surface area contributed by atoms with Crippen LogP contribution in [0.3, 0.4) is 0 Å². The Hall–Kier alpha value is -2.36. The van der Waals surface area contributed by atoms with Crippen molar-refractivity contribution in [1.82, 2.24) is 9.88 Å². The van der Waals surface area contributed by atoms with E-state index in [1.165, 1.54) is 0 Å². The lowest BCUT2D eigenvalue weighted by Crippen LogP contribution is -2.47. The number of aromatic nitrogens is 1. The van der Waals surface area contributed by atoms with Crippen LogP contribution < -0.4 is 21.4 Å². The molecule has 1 rings (SSSR count). The largest absolute Gasteiger partial charge is 0.352 e. The van der Waals surface area contributed by atoms with Crippen LogP contribution >= 0.6 is 0 Å². The fourth-order valence-corrected chi connectivity index (χ4v) is 2.25. The van der Waals surface area contributed by atoms with Crippen molar-refractivity contribution in [3.05, 3.63) is 57.9 Å². The van der Waals surface area contributed by atoms with Gasteiger partial charge < -0.3 is 9.88 Å². The zero-order valence-corrected chi connectivity index (χ0v) is 13.6. The maximum absolute atomic E-state index is 12.7. The molecule has 0 bridgehead atoms. The van der Waals surface area contributed by atoms with Crippen LogP contribution in [-0.2, 0) is 0 Å². The summed E-state index contributed by atoms with van der Waals surface area (Å²) in [6, 6.07) is 1.58. The first kappa shape index (κ1) is 17.7. The smallest absolute Gasteiger partial charge is 0.264 e. The summed E-state index contributed by atoms with van der Waals surface area (Å²) in [6.45, 7) is 13.5. The van der Waals surface area contributed by atoms with Crippen molar-refractivity contribution in [1.29, 1.82) is 0 Å². The number of pyridine rings is 1. The van der Waals surface area contributed by atoms with Gasteiger partial charge in [0.1, 0.15) is 5.56 Å². The molecule has 118 valence electrons. The quantitative estimate of drug-likeness (QED) is 0.639. The second kappa shape index (κ2) is 8.17. The van der Waals surface area contributed by atoms with Gasteiger partial charge in [0.2, 0.25) is 0 Å². The molecule has 0 aromatic carbocycles. The Balaban J connectivity index is 3.57. The van der Waals surface area contributed by atoms with Gasteiger partial charge in [-0.2, -0.15) is 0 Å². The number of carbonyl (C=O) groups excluding carboxylic acids is 1. The molecule has 0 unspecified atom stereocenters. The van der Waals surface area contributed by atoms with Crippen LogP contribution in [0.25, 0.3) is 12.2 Å². The molecule has 0 fully saturated rings. The first-order valence-electron chi connectivity index (χ1n) is 7.41. The first-order chi connectivity index (χ1) is 10.5. The van der Waals surface area contributed by atoms with Gasteiger partial charge in [0.15, 0.2) is 0 Å². The van der Waals surface area contributed by atoms with Crippen molar-refractivity contribution < 1.29 is 4.79 Å². The van der Waals surface area contributed by atoms with Gasteiger partial charge in [-0.25, -0.2) is 0 Å². The van der Waals surface area contributed by atoms with Crippen molar-refractivity contribution in [3.8, 4) is 0 Å². The summed E-state index contributed by atoms with van der Waals surface area (Å²) < 4.78 is 1.62. The minimum Gasteiger partial charge on any atom is -0.352 e. The van der Waals surface area contributed by atoms with Crippen LogP contribution in [0.5, 0.6) is 0 Å². The summed E-state index contributed by atoms with van der Waals surface area (Å²) in [5.41, 5.74) is -0.128. The van der Waals surface area contributed by atoms with Gasteiger partial charge in [-0.05, 0) is 44.6 Å². The van der Waals surface area contributed by atoms with E-state index in [1.54, 1.807) is 28.9 Å². The van der Waals surface area contributed by atoms with Crippen molar-refractivity contribution in [3.63, 3.8) is 0 Å². The molecule has 0 saturated carbocycles. The van der Waals surface area contributed by atoms with Crippen LogP contribution in [0.1, 0.15) is 43.6 Å². The second-order valence-electron chi connectivity index (χ2n) is 5.19. The summed E-state index contributed by atoms with van der Waals surface area (Å²) >= 11 is 0. The van der Waals surface area contributed by atoms with E-state index in [-0.39, 0.29) is 23.1 Å². The standard InChI is InChI=1S/C18H24N2O2/c1-6-9-11-19-17(21)15-12-14(8-3)16(10-7-2)20(13(4)5)18(15)22/h6-8,10,12-13H,1-2,9,11H2,3-5H3,(H,19,21)/b14-8-,16-10+. The van der Waals surface area contributed by atoms with E-state index in [2.05, 4.69) is 18.5 Å². The van der Waals surface area contributed by atoms with E-state index in [0.29, 0.717) is 13.0 Å². The van der Waals surface area contributed by atoms with Crippen molar-refractivity contribution in [2.24, 2.45) is 0 Å². The van der Waals surface area contributed by atoms with Gasteiger partial charge in [-0.15, -0.1) is 6.58 Å². The predicted octanol–water partition coefficient (Wildman–Crippen LogP) is 1.50. The first-order valence-corrected chi connectivity index (χ1v) is 7.41. The minimum atomic E-state index is -0.352. The molecule has 0 radical (unpaired) electrons. The van der Waals surface area contributed by atoms with Gasteiger partial charge >= 0.3 is 0 Å². The second-order valence-corrected chi connectivity index (χ2v) is 5.19. The van der Waals surface area contributed by atoms with Crippen LogP contribution in [0.15, 0.2) is 36.2 Å². The Morgan fingerprint density at radius 2 is 2.09 bits per heavy atom. The fraction of sp³-hybridized carbons (Fsp3) is 0.333. The maximum atomic E-state index is 12.7. The van der Waals surface area contributed by atoms with Gasteiger partial charge in [0.05, 0.1) is 5.35 Å². The Bertz CT molecular complexity index is 740. The average molecular weight is 300 g/mol. The molecular formula is C18H24N2O2. The number of nitrogens with one attached hydrogen (secondary N) is 1. The van der Waals surface area contributed by atoms with E-state index < -0.39 is 0 Å². The molecule has 4 heteroatoms. The Morgan fingerprint density at radius 3 is 2.59 bits per heavy atom. The molecule has 1 aromatic rings. The number of hydrogen-bond acceptors (Lipinski definition) is 2. The highest BCUT2D eigenvalue weighted by atomic mass is 16.2. The summed E-state index contributed by atoms with van der Waals surface area (Å²) in [6.07, 6.45) is 7.70. The van der Waals surface area contributed by atoms with Gasteiger partial charge in [-0.1, -0.05) is 24.8 Å². The Morgan fingerprint density at radius 1 is 1.41 bits per heavy atom. The summed E-state index contributed by atoms with van der Waals surface area (Å²) in [5.74, 6) is -0.352. The molecule has 0 saturated heterocycles. The molecule has 0 atom stereocenters. The molecule has 1 amide bonds. The predicted molar refractivity (Wildman–Crippen MR) is 92.3 cm³/mol. The zero-order chi connectivity index (χ0) is 16.7. The lowest BCUT2D eigenvalue weighted by atomic mass is 10.1. The number of nitrogens with zero attached hydrogens (tertiary/aromatic N) is 1. The molecule has 0 aliphatic rings. The monoisotopic (exact) mass is 300 g/mol. The Kier molecular flexibility index (Phi) is 6.57. The number of hydrogen-bond donors (Lipinski definition) is 1. The van der Waals surface area contributed by atoms with E-state index >= 15 is 0 Å². The lowest BCUT2D eigenvalue weighted by Gasteiger charge is -2.14. The van der Waals surface area contributed by atoms with Crippen LogP contribution in [0.4, 0.5) is 0 Å². The highest BCUT2D eigenvalue weighted by Gasteiger charge is 2.15. The molecule has 1 N–H and O–H groups in total. The third-order valence-electron chi connectivity index (χ3n) is 3.29. The summed E-state index contributed by atoms with van der Waals surface area (Å²) in [7, 11) is 0. The summed E-state index contributed by atoms with van der Waals surface area (Å²) in [4.78, 5) is 24.9. The minimum absolute atomic E-state index is 0.0571. The number of rotatable bonds is 6. The number of carbonyl (C=O) groups is 1. The molecule has 0 aliphatic heterocycles. The van der Waals surface area contributed by atoms with Gasteiger partial charge in [0, 0.05) is 12.6 Å². The SMILES string of the molecule is C=C/C=c1\c(=C/C)cc(C(=O)NCCC=C)c(=O)n1C(C)C. The van der Waals surface area contributed by atoms with Crippen LogP contribution in [0, 0.1) is 0 Å². The maximum Gasteiger partial charge on any atom is 0.264 e. The zero-order valence-electron chi connectivity index (χ0n) is 13.6. The van der Waals surface area contributed by atoms with Crippen LogP contribution in [-0.4, -0.2) is 17.0 Å². The third kappa shape index (κ3) is 3.85. The molecule has 0 aliphatic carbocycles. The molecule has 0 spiro atoms. The number of amides is 1. The van der Waals surface area contributed by atoms with Gasteiger partial charge in [0.25, 0.3) is 11.5 Å². The summed E-state index contributed by atoms with van der Waals surface area (Å²) in [5, 5.41) is 4.34. The molecule has 4 nitrogen and oxygen atoms in total. The fourth-order valence-electron chi connectivity index (χ4n) is 2.25. The highest BCUT2D eigenvalue weighted by molar-refractivity contribution is 5.93. The van der Waals surface area contributed by atoms with Crippen LogP contribution in [0.2, 0.25) is 0 Å². The van der Waals surface area contributed by atoms with Crippen molar-refractivity contribution in [2.45, 2.75) is 33.2 Å². The van der Waals surface area contributed by atoms with E-state index in [0.717, 1.165) is 10.6 Å². The number of allylic oxidation sites excluding steroid dienone is 1. The van der Waals surface area contributed by atoms with E-state index in [9.17, 15) is 9.59 Å². The third-order valence-corrected chi connectivity index (χ3v) is 3.29. The molecule has 1 heterocycles. The Labute approximate surface area is 131 Å². The average Bonchev–Trinajstić information content (AvgIpc) is 2.47. The lowest BCUT2D eigenvalue weighted by molar-refractivity contribution is 0.0952. The van der Waals surface area contributed by atoms with E-state index in [1.807, 2.05) is 26.8 Å². The molecule has 1 aromatic heterocycles. The van der Waals surface area contributed by atoms with Gasteiger partial charge in [-0.3, -0.25) is 9.59 Å². The molecule has 22 heavy (non-hydrogen) atoms. The normalized spacial score (nSPS) is 12.5. The van der Waals surface area contributed by atoms with E-state index in [4.69, 9.17) is 0 Å². The molecular weight excluding hydrogens is 276 g/mol. The highest BCUT2D eigenvalue weighted by Crippen LogP contribution is 1.96.